The highest BCUT2D eigenvalue weighted by molar-refractivity contribution is 6.30. The first-order valence-electron chi connectivity index (χ1n) is 4.29. The Morgan fingerprint density at radius 1 is 1.53 bits per heavy atom. The summed E-state index contributed by atoms with van der Waals surface area (Å²) in [5.74, 6) is -0.156. The Labute approximate surface area is 92.9 Å². The Morgan fingerprint density at radius 2 is 2.20 bits per heavy atom. The number of nitrogens with two attached hydrogens (primary N) is 1. The summed E-state index contributed by atoms with van der Waals surface area (Å²) in [5.41, 5.74) is 5.87. The second kappa shape index (κ2) is 5.00. The van der Waals surface area contributed by atoms with E-state index in [0.717, 1.165) is 5.56 Å². The lowest BCUT2D eigenvalue weighted by atomic mass is 10.2. The van der Waals surface area contributed by atoms with Crippen molar-refractivity contribution in [1.82, 2.24) is 0 Å². The number of halogens is 1. The largest absolute Gasteiger partial charge is 0.455 e. The number of rotatable bonds is 4. The molecule has 0 saturated heterocycles. The predicted octanol–water partition coefficient (Wildman–Crippen LogP) is 1.49. The Bertz CT molecular complexity index is 368. The third kappa shape index (κ3) is 3.11. The first kappa shape index (κ1) is 11.8. The van der Waals surface area contributed by atoms with Crippen LogP contribution in [0.15, 0.2) is 18.2 Å². The first-order chi connectivity index (χ1) is 7.04. The maximum Gasteiger partial charge on any atom is 0.287 e. The Kier molecular flexibility index (Phi) is 3.94. The van der Waals surface area contributed by atoms with Crippen molar-refractivity contribution in [3.63, 3.8) is 0 Å². The molecule has 1 atom stereocenters. The van der Waals surface area contributed by atoms with Crippen LogP contribution in [-0.2, 0) is 9.53 Å². The van der Waals surface area contributed by atoms with E-state index in [1.54, 1.807) is 18.2 Å². The molecule has 4 nitrogen and oxygen atoms in total. The summed E-state index contributed by atoms with van der Waals surface area (Å²) in [6.07, 6.45) is -1.08. The van der Waals surface area contributed by atoms with E-state index in [0.29, 0.717) is 10.8 Å². The number of aryl methyl sites for hydroxylation is 1. The zero-order valence-corrected chi connectivity index (χ0v) is 9.25. The minimum Gasteiger partial charge on any atom is -0.455 e. The fraction of sp³-hybridized carbons (Fsp3) is 0.300. The molecule has 0 fully saturated rings. The molecule has 2 N–H and O–H groups in total. The summed E-state index contributed by atoms with van der Waals surface area (Å²) < 4.78 is 10.0. The Hall–Kier alpha value is -1.26. The first-order valence-corrected chi connectivity index (χ1v) is 4.67. The average molecular weight is 230 g/mol. The van der Waals surface area contributed by atoms with Crippen LogP contribution in [0.2, 0.25) is 5.02 Å². The number of amides is 1. The molecule has 0 heterocycles. The molecule has 1 aromatic rings. The number of hydrogen-bond donors (Lipinski definition) is 1. The molecule has 0 aliphatic carbocycles. The van der Waals surface area contributed by atoms with Crippen LogP contribution in [0.5, 0.6) is 5.75 Å². The molecule has 0 aliphatic rings. The highest BCUT2D eigenvalue weighted by atomic mass is 35.5. The van der Waals surface area contributed by atoms with Crippen LogP contribution in [0, 0.1) is 6.92 Å². The molecular formula is C10H12ClNO3. The number of carbonyl (C=O) groups excluding carboxylic acids is 1. The summed E-state index contributed by atoms with van der Waals surface area (Å²) in [7, 11) is 1.35. The molecule has 15 heavy (non-hydrogen) atoms. The topological polar surface area (TPSA) is 61.6 Å². The lowest BCUT2D eigenvalue weighted by molar-refractivity contribution is -0.144. The highest BCUT2D eigenvalue weighted by Gasteiger charge is 2.16. The van der Waals surface area contributed by atoms with E-state index < -0.39 is 12.2 Å². The van der Waals surface area contributed by atoms with Crippen LogP contribution in [0.3, 0.4) is 0 Å². The smallest absolute Gasteiger partial charge is 0.287 e. The quantitative estimate of drug-likeness (QED) is 0.796. The standard InChI is InChI=1S/C10H12ClNO3/c1-6-5-7(11)3-4-8(6)15-10(14-2)9(12)13/h3-5,10H,1-2H3,(H2,12,13). The van der Waals surface area contributed by atoms with Gasteiger partial charge in [0.05, 0.1) is 0 Å². The second-order valence-electron chi connectivity index (χ2n) is 3.00. The summed E-state index contributed by atoms with van der Waals surface area (Å²) >= 11 is 5.77. The van der Waals surface area contributed by atoms with Gasteiger partial charge < -0.3 is 15.2 Å². The number of ether oxygens (including phenoxy) is 2. The Balaban J connectivity index is 2.84. The summed E-state index contributed by atoms with van der Waals surface area (Å²) in [6.45, 7) is 1.81. The van der Waals surface area contributed by atoms with E-state index in [-0.39, 0.29) is 0 Å². The van der Waals surface area contributed by atoms with Crippen LogP contribution >= 0.6 is 11.6 Å². The van der Waals surface area contributed by atoms with Gasteiger partial charge in [0.25, 0.3) is 12.2 Å². The van der Waals surface area contributed by atoms with Crippen molar-refractivity contribution >= 4 is 17.5 Å². The lowest BCUT2D eigenvalue weighted by Gasteiger charge is -2.15. The van der Waals surface area contributed by atoms with E-state index in [1.165, 1.54) is 7.11 Å². The van der Waals surface area contributed by atoms with Gasteiger partial charge in [0.2, 0.25) is 0 Å². The van der Waals surface area contributed by atoms with Gasteiger partial charge in [-0.25, -0.2) is 0 Å². The predicted molar refractivity (Wildman–Crippen MR) is 56.8 cm³/mol. The molecule has 0 saturated carbocycles. The zero-order valence-electron chi connectivity index (χ0n) is 8.49. The third-order valence-electron chi connectivity index (χ3n) is 1.82. The van der Waals surface area contributed by atoms with Crippen LogP contribution in [0.4, 0.5) is 0 Å². The van der Waals surface area contributed by atoms with Gasteiger partial charge in [-0.2, -0.15) is 0 Å². The maximum atomic E-state index is 10.9. The van der Waals surface area contributed by atoms with Crippen molar-refractivity contribution in [2.75, 3.05) is 7.11 Å². The van der Waals surface area contributed by atoms with Crippen LogP contribution in [0.25, 0.3) is 0 Å². The van der Waals surface area contributed by atoms with Gasteiger partial charge in [-0.15, -0.1) is 0 Å². The summed E-state index contributed by atoms with van der Waals surface area (Å²) in [5, 5.41) is 0.605. The molecule has 0 radical (unpaired) electrons. The molecule has 5 heteroatoms. The van der Waals surface area contributed by atoms with Gasteiger partial charge in [-0.1, -0.05) is 11.6 Å². The second-order valence-corrected chi connectivity index (χ2v) is 3.43. The summed E-state index contributed by atoms with van der Waals surface area (Å²) in [6, 6.07) is 5.05. The van der Waals surface area contributed by atoms with E-state index in [4.69, 9.17) is 26.8 Å². The third-order valence-corrected chi connectivity index (χ3v) is 2.05. The fourth-order valence-corrected chi connectivity index (χ4v) is 1.31. The molecule has 0 bridgehead atoms. The molecule has 1 aromatic carbocycles. The minimum atomic E-state index is -1.08. The highest BCUT2D eigenvalue weighted by Crippen LogP contribution is 2.22. The average Bonchev–Trinajstić information content (AvgIpc) is 2.16. The van der Waals surface area contributed by atoms with Gasteiger partial charge in [0.15, 0.2) is 0 Å². The molecule has 0 spiro atoms. The van der Waals surface area contributed by atoms with Crippen LogP contribution < -0.4 is 10.5 Å². The maximum absolute atomic E-state index is 10.9. The fourth-order valence-electron chi connectivity index (χ4n) is 1.08. The van der Waals surface area contributed by atoms with Gasteiger partial charge in [-0.05, 0) is 30.7 Å². The molecule has 1 rings (SSSR count). The van der Waals surface area contributed by atoms with Crippen LogP contribution in [-0.4, -0.2) is 19.3 Å². The molecule has 0 aliphatic heterocycles. The molecule has 82 valence electrons. The Morgan fingerprint density at radius 3 is 2.67 bits per heavy atom. The van der Waals surface area contributed by atoms with Crippen molar-refractivity contribution in [3.8, 4) is 5.75 Å². The number of benzene rings is 1. The molecular weight excluding hydrogens is 218 g/mol. The SMILES string of the molecule is COC(Oc1ccc(Cl)cc1C)C(N)=O. The summed E-state index contributed by atoms with van der Waals surface area (Å²) in [4.78, 5) is 10.9. The monoisotopic (exact) mass is 229 g/mol. The van der Waals surface area contributed by atoms with E-state index in [1.807, 2.05) is 6.92 Å². The number of primary amides is 1. The van der Waals surface area contributed by atoms with Gasteiger partial charge in [-0.3, -0.25) is 4.79 Å². The lowest BCUT2D eigenvalue weighted by Crippen LogP contribution is -2.35. The van der Waals surface area contributed by atoms with E-state index in [2.05, 4.69) is 0 Å². The minimum absolute atomic E-state index is 0.519. The van der Waals surface area contributed by atoms with Crippen molar-refractivity contribution in [2.45, 2.75) is 13.2 Å². The molecule has 0 aromatic heterocycles. The van der Waals surface area contributed by atoms with E-state index >= 15 is 0 Å². The molecule has 1 unspecified atom stereocenters. The van der Waals surface area contributed by atoms with Gasteiger partial charge >= 0.3 is 0 Å². The molecule has 1 amide bonds. The van der Waals surface area contributed by atoms with E-state index in [9.17, 15) is 4.79 Å². The number of carbonyl (C=O) groups is 1. The van der Waals surface area contributed by atoms with Crippen molar-refractivity contribution in [1.29, 1.82) is 0 Å². The van der Waals surface area contributed by atoms with Gasteiger partial charge in [0, 0.05) is 12.1 Å². The van der Waals surface area contributed by atoms with Crippen molar-refractivity contribution < 1.29 is 14.3 Å². The van der Waals surface area contributed by atoms with Crippen LogP contribution in [0.1, 0.15) is 5.56 Å². The number of hydrogen-bond acceptors (Lipinski definition) is 3. The normalized spacial score (nSPS) is 12.2. The number of methoxy groups -OCH3 is 1. The zero-order chi connectivity index (χ0) is 11.4. The van der Waals surface area contributed by atoms with Crippen molar-refractivity contribution in [2.24, 2.45) is 5.73 Å². The van der Waals surface area contributed by atoms with Crippen molar-refractivity contribution in [3.05, 3.63) is 28.8 Å². The van der Waals surface area contributed by atoms with Gasteiger partial charge in [0.1, 0.15) is 5.75 Å².